The first-order valence-electron chi connectivity index (χ1n) is 8.43. The molecule has 1 N–H and O–H groups in total. The molecule has 1 aliphatic rings. The molecule has 0 spiro atoms. The van der Waals surface area contributed by atoms with E-state index in [-0.39, 0.29) is 18.1 Å². The van der Waals surface area contributed by atoms with Gasteiger partial charge in [-0.2, -0.15) is 13.2 Å². The van der Waals surface area contributed by atoms with Crippen molar-refractivity contribution in [1.29, 1.82) is 0 Å². The zero-order chi connectivity index (χ0) is 19.4. The topological polar surface area (TPSA) is 66.8 Å². The van der Waals surface area contributed by atoms with Gasteiger partial charge in [0.1, 0.15) is 11.3 Å². The van der Waals surface area contributed by atoms with Gasteiger partial charge in [0.05, 0.1) is 6.42 Å². The second-order valence-electron chi connectivity index (χ2n) is 6.58. The van der Waals surface area contributed by atoms with Crippen LogP contribution < -0.4 is 4.74 Å². The van der Waals surface area contributed by atoms with Gasteiger partial charge in [0.15, 0.2) is 6.61 Å². The number of rotatable bonds is 6. The molecule has 0 unspecified atom stereocenters. The number of carboxylic acids is 1. The van der Waals surface area contributed by atoms with E-state index in [4.69, 9.17) is 0 Å². The van der Waals surface area contributed by atoms with Crippen molar-refractivity contribution in [3.05, 3.63) is 29.8 Å². The number of nitrogens with zero attached hydrogens (tertiary/aromatic N) is 1. The Labute approximate surface area is 149 Å². The molecule has 0 aliphatic heterocycles. The summed E-state index contributed by atoms with van der Waals surface area (Å²) in [7, 11) is 1.48. The Kier molecular flexibility index (Phi) is 6.15. The van der Waals surface area contributed by atoms with Crippen molar-refractivity contribution in [3.63, 3.8) is 0 Å². The molecular weight excluding hydrogens is 351 g/mol. The normalized spacial score (nSPS) is 16.8. The Morgan fingerprint density at radius 3 is 2.46 bits per heavy atom. The van der Waals surface area contributed by atoms with Gasteiger partial charge in [-0.25, -0.2) is 4.79 Å². The number of carbonyl (C=O) groups is 2. The second kappa shape index (κ2) is 7.97. The summed E-state index contributed by atoms with van der Waals surface area (Å²) in [6.45, 7) is -1.41. The summed E-state index contributed by atoms with van der Waals surface area (Å²) in [6, 6.07) is 5.84. The molecule has 1 saturated carbocycles. The Balaban J connectivity index is 2.07. The lowest BCUT2D eigenvalue weighted by molar-refractivity contribution is -0.160. The summed E-state index contributed by atoms with van der Waals surface area (Å²) in [5.74, 6) is -1.39. The number of hydrogen-bond donors (Lipinski definition) is 1. The van der Waals surface area contributed by atoms with Crippen molar-refractivity contribution in [2.45, 2.75) is 50.2 Å². The lowest BCUT2D eigenvalue weighted by atomic mass is 9.80. The number of likely N-dealkylation sites (N-methyl/N-ethyl adjacent to an activating group) is 1. The molecule has 1 aromatic rings. The second-order valence-corrected chi connectivity index (χ2v) is 6.58. The number of benzene rings is 1. The van der Waals surface area contributed by atoms with Gasteiger partial charge in [0, 0.05) is 7.05 Å². The maximum absolute atomic E-state index is 12.6. The van der Waals surface area contributed by atoms with Gasteiger partial charge in [-0.05, 0) is 30.5 Å². The molecule has 144 valence electrons. The van der Waals surface area contributed by atoms with Crippen LogP contribution in [0, 0.1) is 0 Å². The van der Waals surface area contributed by atoms with Crippen LogP contribution in [0.25, 0.3) is 0 Å². The molecule has 1 aromatic carbocycles. The third-order valence-electron chi connectivity index (χ3n) is 4.75. The minimum atomic E-state index is -4.44. The van der Waals surface area contributed by atoms with Gasteiger partial charge in [0.2, 0.25) is 5.91 Å². The maximum atomic E-state index is 12.6. The lowest BCUT2D eigenvalue weighted by Gasteiger charge is -2.41. The van der Waals surface area contributed by atoms with Crippen LogP contribution in [0.4, 0.5) is 13.2 Å². The van der Waals surface area contributed by atoms with Crippen LogP contribution in [-0.2, 0) is 16.0 Å². The van der Waals surface area contributed by atoms with Crippen molar-refractivity contribution >= 4 is 11.9 Å². The number of ether oxygens (including phenoxy) is 1. The summed E-state index contributed by atoms with van der Waals surface area (Å²) in [5, 5.41) is 9.64. The molecule has 2 rings (SSSR count). The molecule has 0 atom stereocenters. The predicted molar refractivity (Wildman–Crippen MR) is 87.9 cm³/mol. The first kappa shape index (κ1) is 20.1. The van der Waals surface area contributed by atoms with E-state index in [9.17, 15) is 27.9 Å². The molecule has 0 bridgehead atoms. The van der Waals surface area contributed by atoms with Crippen LogP contribution in [0.1, 0.15) is 37.7 Å². The van der Waals surface area contributed by atoms with Crippen molar-refractivity contribution in [3.8, 4) is 5.75 Å². The molecule has 26 heavy (non-hydrogen) atoms. The van der Waals surface area contributed by atoms with Crippen LogP contribution in [-0.4, -0.2) is 47.3 Å². The highest BCUT2D eigenvalue weighted by atomic mass is 19.4. The van der Waals surface area contributed by atoms with Crippen LogP contribution in [0.15, 0.2) is 24.3 Å². The molecule has 1 fully saturated rings. The molecule has 5 nitrogen and oxygen atoms in total. The smallest absolute Gasteiger partial charge is 0.422 e. The third-order valence-corrected chi connectivity index (χ3v) is 4.75. The van der Waals surface area contributed by atoms with Gasteiger partial charge in [-0.1, -0.05) is 31.4 Å². The summed E-state index contributed by atoms with van der Waals surface area (Å²) in [5.41, 5.74) is -0.738. The molecule has 8 heteroatoms. The number of alkyl halides is 3. The van der Waals surface area contributed by atoms with E-state index >= 15 is 0 Å². The fourth-order valence-corrected chi connectivity index (χ4v) is 3.27. The highest BCUT2D eigenvalue weighted by Gasteiger charge is 2.45. The predicted octanol–water partition coefficient (Wildman–Crippen LogP) is 3.42. The summed E-state index contributed by atoms with van der Waals surface area (Å²) < 4.78 is 41.4. The fourth-order valence-electron chi connectivity index (χ4n) is 3.27. The van der Waals surface area contributed by atoms with E-state index < -0.39 is 24.3 Å². The minimum Gasteiger partial charge on any atom is -0.484 e. The largest absolute Gasteiger partial charge is 0.484 e. The summed E-state index contributed by atoms with van der Waals surface area (Å²) in [4.78, 5) is 25.7. The first-order valence-corrected chi connectivity index (χ1v) is 8.43. The van der Waals surface area contributed by atoms with Gasteiger partial charge < -0.3 is 14.7 Å². The van der Waals surface area contributed by atoms with Crippen LogP contribution in [0.3, 0.4) is 0 Å². The Morgan fingerprint density at radius 2 is 1.88 bits per heavy atom. The van der Waals surface area contributed by atoms with Gasteiger partial charge in [-0.3, -0.25) is 4.79 Å². The SMILES string of the molecule is CN(C(=O)Cc1cccc(OCC(F)(F)F)c1)C1(C(=O)O)CCCCC1. The van der Waals surface area contributed by atoms with E-state index in [1.807, 2.05) is 0 Å². The zero-order valence-corrected chi connectivity index (χ0v) is 14.5. The average molecular weight is 373 g/mol. The molecule has 0 aromatic heterocycles. The number of amides is 1. The van der Waals surface area contributed by atoms with Crippen molar-refractivity contribution in [2.24, 2.45) is 0 Å². The molecular formula is C18H22F3NO4. The quantitative estimate of drug-likeness (QED) is 0.830. The van der Waals surface area contributed by atoms with Crippen LogP contribution in [0.2, 0.25) is 0 Å². The van der Waals surface area contributed by atoms with Gasteiger partial charge in [0.25, 0.3) is 0 Å². The van der Waals surface area contributed by atoms with E-state index in [1.54, 1.807) is 6.07 Å². The van der Waals surface area contributed by atoms with Gasteiger partial charge >= 0.3 is 12.1 Å². The Bertz CT molecular complexity index is 654. The number of halogens is 3. The number of carboxylic acid groups (broad SMARTS) is 1. The highest BCUT2D eigenvalue weighted by Crippen LogP contribution is 2.33. The van der Waals surface area contributed by atoms with E-state index in [0.717, 1.165) is 19.3 Å². The molecule has 1 amide bonds. The Morgan fingerprint density at radius 1 is 1.23 bits per heavy atom. The first-order chi connectivity index (χ1) is 12.1. The average Bonchev–Trinajstić information content (AvgIpc) is 2.59. The highest BCUT2D eigenvalue weighted by molar-refractivity contribution is 5.88. The van der Waals surface area contributed by atoms with E-state index in [0.29, 0.717) is 18.4 Å². The monoisotopic (exact) mass is 373 g/mol. The van der Waals surface area contributed by atoms with Crippen molar-refractivity contribution in [1.82, 2.24) is 4.90 Å². The van der Waals surface area contributed by atoms with E-state index in [2.05, 4.69) is 4.74 Å². The van der Waals surface area contributed by atoms with Crippen LogP contribution >= 0.6 is 0 Å². The summed E-state index contributed by atoms with van der Waals surface area (Å²) >= 11 is 0. The van der Waals surface area contributed by atoms with E-state index in [1.165, 1.54) is 30.1 Å². The zero-order valence-electron chi connectivity index (χ0n) is 14.5. The fraction of sp³-hybridized carbons (Fsp3) is 0.556. The van der Waals surface area contributed by atoms with Crippen molar-refractivity contribution < 1.29 is 32.6 Å². The lowest BCUT2D eigenvalue weighted by Crippen LogP contribution is -2.56. The number of aliphatic carboxylic acids is 1. The van der Waals surface area contributed by atoms with Gasteiger partial charge in [-0.15, -0.1) is 0 Å². The Hall–Kier alpha value is -2.25. The summed E-state index contributed by atoms with van der Waals surface area (Å²) in [6.07, 6.45) is -1.32. The number of hydrogen-bond acceptors (Lipinski definition) is 3. The standard InChI is InChI=1S/C18H22F3NO4/c1-22(17(16(24)25)8-3-2-4-9-17)15(23)11-13-6-5-7-14(10-13)26-12-18(19,20)21/h5-7,10H,2-4,8-9,11-12H2,1H3,(H,24,25). The molecule has 1 aliphatic carbocycles. The maximum Gasteiger partial charge on any atom is 0.422 e. The van der Waals surface area contributed by atoms with Crippen molar-refractivity contribution in [2.75, 3.05) is 13.7 Å². The number of carbonyl (C=O) groups excluding carboxylic acids is 1. The minimum absolute atomic E-state index is 0.0147. The van der Waals surface area contributed by atoms with Crippen LogP contribution in [0.5, 0.6) is 5.75 Å². The molecule has 0 heterocycles. The third kappa shape index (κ3) is 4.89. The molecule has 0 saturated heterocycles. The molecule has 0 radical (unpaired) electrons.